The average molecular weight is 376 g/mol. The molecule has 1 heterocycles. The molecule has 134 valence electrons. The molecule has 0 spiro atoms. The minimum atomic E-state index is -4.77. The van der Waals surface area contributed by atoms with Crippen LogP contribution < -0.4 is 4.90 Å². The predicted octanol–water partition coefficient (Wildman–Crippen LogP) is 5.00. The number of halogens is 5. The second-order valence-corrected chi connectivity index (χ2v) is 6.67. The maximum absolute atomic E-state index is 13.8. The van der Waals surface area contributed by atoms with Gasteiger partial charge in [0.1, 0.15) is 23.1 Å². The zero-order valence-electron chi connectivity index (χ0n) is 13.5. The fraction of sp³-hybridized carbons (Fsp3) is 0.312. The highest BCUT2D eigenvalue weighted by molar-refractivity contribution is 6.29. The highest BCUT2D eigenvalue weighted by atomic mass is 35.5. The molecule has 2 rings (SSSR count). The molecular weight excluding hydrogens is 362 g/mol. The largest absolute Gasteiger partial charge is 0.416 e. The third-order valence-electron chi connectivity index (χ3n) is 3.16. The Bertz CT molecular complexity index is 803. The van der Waals surface area contributed by atoms with Gasteiger partial charge in [-0.05, 0) is 18.2 Å². The molecule has 0 unspecified atom stereocenters. The van der Waals surface area contributed by atoms with Crippen LogP contribution in [0.25, 0.3) is 0 Å². The highest BCUT2D eigenvalue weighted by Crippen LogP contribution is 2.36. The molecule has 0 aliphatic carbocycles. The summed E-state index contributed by atoms with van der Waals surface area (Å²) < 4.78 is 52.8. The Kier molecular flexibility index (Phi) is 5.04. The van der Waals surface area contributed by atoms with Gasteiger partial charge in [-0.25, -0.2) is 14.4 Å². The van der Waals surface area contributed by atoms with Crippen molar-refractivity contribution in [1.29, 1.82) is 0 Å². The minimum Gasteiger partial charge on any atom is -0.273 e. The fourth-order valence-corrected chi connectivity index (χ4v) is 2.14. The van der Waals surface area contributed by atoms with E-state index in [1.807, 2.05) is 0 Å². The van der Waals surface area contributed by atoms with Crippen molar-refractivity contribution in [3.8, 4) is 0 Å². The monoisotopic (exact) mass is 375 g/mol. The summed E-state index contributed by atoms with van der Waals surface area (Å²) in [5.74, 6) is -1.77. The van der Waals surface area contributed by atoms with E-state index in [1.165, 1.54) is 6.07 Å². The van der Waals surface area contributed by atoms with Crippen LogP contribution in [0.3, 0.4) is 0 Å². The first-order valence-corrected chi connectivity index (χ1v) is 7.47. The van der Waals surface area contributed by atoms with Crippen LogP contribution in [-0.4, -0.2) is 15.9 Å². The number of anilines is 2. The van der Waals surface area contributed by atoms with Crippen LogP contribution >= 0.6 is 11.6 Å². The molecule has 0 aliphatic rings. The summed E-state index contributed by atoms with van der Waals surface area (Å²) in [4.78, 5) is 21.2. The van der Waals surface area contributed by atoms with Crippen LogP contribution in [-0.2, 0) is 11.0 Å². The first-order chi connectivity index (χ1) is 11.4. The molecule has 0 bridgehead atoms. The van der Waals surface area contributed by atoms with Gasteiger partial charge in [0.2, 0.25) is 5.91 Å². The van der Waals surface area contributed by atoms with Gasteiger partial charge >= 0.3 is 6.18 Å². The molecule has 0 N–H and O–H groups in total. The van der Waals surface area contributed by atoms with Gasteiger partial charge in [0.05, 0.1) is 11.3 Å². The van der Waals surface area contributed by atoms with E-state index in [2.05, 4.69) is 9.97 Å². The lowest BCUT2D eigenvalue weighted by Gasteiger charge is -2.29. The van der Waals surface area contributed by atoms with Gasteiger partial charge in [0.25, 0.3) is 0 Å². The predicted molar refractivity (Wildman–Crippen MR) is 85.0 cm³/mol. The number of hydrogen-bond acceptors (Lipinski definition) is 3. The van der Waals surface area contributed by atoms with E-state index in [0.717, 1.165) is 17.3 Å². The number of carbonyl (C=O) groups excluding carboxylic acids is 1. The van der Waals surface area contributed by atoms with E-state index in [0.29, 0.717) is 12.1 Å². The smallest absolute Gasteiger partial charge is 0.273 e. The lowest BCUT2D eigenvalue weighted by atomic mass is 9.94. The topological polar surface area (TPSA) is 46.1 Å². The minimum absolute atomic E-state index is 0.0100. The molecule has 25 heavy (non-hydrogen) atoms. The van der Waals surface area contributed by atoms with Crippen LogP contribution in [0.15, 0.2) is 30.6 Å². The molecule has 1 amide bonds. The summed E-state index contributed by atoms with van der Waals surface area (Å²) in [6.45, 7) is 4.74. The quantitative estimate of drug-likeness (QED) is 0.548. The maximum atomic E-state index is 13.8. The Morgan fingerprint density at radius 3 is 2.24 bits per heavy atom. The van der Waals surface area contributed by atoms with Crippen molar-refractivity contribution >= 4 is 29.0 Å². The Morgan fingerprint density at radius 1 is 1.08 bits per heavy atom. The van der Waals surface area contributed by atoms with Crippen LogP contribution in [0, 0.1) is 11.2 Å². The molecular formula is C16H14ClF4N3O. The fourth-order valence-electron chi connectivity index (χ4n) is 2.00. The summed E-state index contributed by atoms with van der Waals surface area (Å²) in [7, 11) is 0. The van der Waals surface area contributed by atoms with Crippen molar-refractivity contribution in [1.82, 2.24) is 9.97 Å². The van der Waals surface area contributed by atoms with E-state index >= 15 is 0 Å². The molecule has 9 heteroatoms. The Balaban J connectivity index is 2.68. The van der Waals surface area contributed by atoms with Crippen LogP contribution in [0.2, 0.25) is 5.15 Å². The third-order valence-corrected chi connectivity index (χ3v) is 3.37. The Labute approximate surface area is 146 Å². The third kappa shape index (κ3) is 4.45. The van der Waals surface area contributed by atoms with E-state index in [-0.39, 0.29) is 16.7 Å². The van der Waals surface area contributed by atoms with Gasteiger partial charge in [-0.3, -0.25) is 9.69 Å². The Morgan fingerprint density at radius 2 is 1.72 bits per heavy atom. The van der Waals surface area contributed by atoms with E-state index in [4.69, 9.17) is 11.6 Å². The first-order valence-electron chi connectivity index (χ1n) is 7.09. The molecule has 1 aromatic carbocycles. The molecule has 2 aromatic rings. The van der Waals surface area contributed by atoms with Crippen molar-refractivity contribution in [3.05, 3.63) is 47.1 Å². The zero-order valence-corrected chi connectivity index (χ0v) is 14.3. The van der Waals surface area contributed by atoms with Crippen molar-refractivity contribution in [2.24, 2.45) is 5.41 Å². The van der Waals surface area contributed by atoms with Crippen LogP contribution in [0.5, 0.6) is 0 Å². The molecule has 0 saturated carbocycles. The lowest BCUT2D eigenvalue weighted by Crippen LogP contribution is -2.37. The van der Waals surface area contributed by atoms with E-state index in [9.17, 15) is 22.4 Å². The highest BCUT2D eigenvalue weighted by Gasteiger charge is 2.35. The van der Waals surface area contributed by atoms with Gasteiger partial charge in [0.15, 0.2) is 0 Å². The second kappa shape index (κ2) is 6.59. The molecule has 0 atom stereocenters. The number of amides is 1. The summed E-state index contributed by atoms with van der Waals surface area (Å²) in [6.07, 6.45) is -3.71. The van der Waals surface area contributed by atoms with Gasteiger partial charge < -0.3 is 0 Å². The standard InChI is InChI=1S/C16H14ClF4N3O/c1-15(2,3)14(25)24(13-7-12(17)22-8-23-13)11-5-9(16(19,20)21)4-10(18)6-11/h4-8H,1-3H3. The number of nitrogens with zero attached hydrogens (tertiary/aromatic N) is 3. The first kappa shape index (κ1) is 19.1. The Hall–Kier alpha value is -2.22. The number of hydrogen-bond donors (Lipinski definition) is 0. The number of carbonyl (C=O) groups is 1. The second-order valence-electron chi connectivity index (χ2n) is 6.29. The summed E-state index contributed by atoms with van der Waals surface area (Å²) >= 11 is 5.79. The van der Waals surface area contributed by atoms with Crippen LogP contribution in [0.4, 0.5) is 29.1 Å². The van der Waals surface area contributed by atoms with Crippen molar-refractivity contribution in [2.75, 3.05) is 4.90 Å². The normalized spacial score (nSPS) is 12.2. The average Bonchev–Trinajstić information content (AvgIpc) is 2.45. The van der Waals surface area contributed by atoms with E-state index < -0.39 is 28.9 Å². The SMILES string of the molecule is CC(C)(C)C(=O)N(c1cc(F)cc(C(F)(F)F)c1)c1cc(Cl)ncn1. The van der Waals surface area contributed by atoms with Gasteiger partial charge in [-0.1, -0.05) is 32.4 Å². The van der Waals surface area contributed by atoms with Gasteiger partial charge in [-0.2, -0.15) is 13.2 Å². The number of alkyl halides is 3. The van der Waals surface area contributed by atoms with Crippen molar-refractivity contribution in [2.45, 2.75) is 26.9 Å². The lowest BCUT2D eigenvalue weighted by molar-refractivity contribution is -0.137. The van der Waals surface area contributed by atoms with Crippen molar-refractivity contribution < 1.29 is 22.4 Å². The molecule has 0 saturated heterocycles. The van der Waals surface area contributed by atoms with Gasteiger partial charge in [0, 0.05) is 11.5 Å². The van der Waals surface area contributed by atoms with Gasteiger partial charge in [-0.15, -0.1) is 0 Å². The molecule has 0 aliphatic heterocycles. The number of aromatic nitrogens is 2. The summed E-state index contributed by atoms with van der Waals surface area (Å²) in [5, 5.41) is -0.0100. The molecule has 0 fully saturated rings. The summed E-state index contributed by atoms with van der Waals surface area (Å²) in [6, 6.07) is 3.08. The zero-order chi connectivity index (χ0) is 19.0. The molecule has 4 nitrogen and oxygen atoms in total. The van der Waals surface area contributed by atoms with Crippen LogP contribution in [0.1, 0.15) is 26.3 Å². The molecule has 1 aromatic heterocycles. The molecule has 0 radical (unpaired) electrons. The van der Waals surface area contributed by atoms with Crippen molar-refractivity contribution in [3.63, 3.8) is 0 Å². The number of rotatable bonds is 2. The number of benzene rings is 1. The maximum Gasteiger partial charge on any atom is 0.416 e. The van der Waals surface area contributed by atoms with E-state index in [1.54, 1.807) is 20.8 Å². The summed E-state index contributed by atoms with van der Waals surface area (Å²) in [5.41, 5.74) is -2.49.